The highest BCUT2D eigenvalue weighted by molar-refractivity contribution is 5.63. The van der Waals surface area contributed by atoms with Crippen LogP contribution in [0, 0.1) is 21.7 Å². The second-order valence-electron chi connectivity index (χ2n) is 3.28. The van der Waals surface area contributed by atoms with Gasteiger partial charge in [-0.25, -0.2) is 17.6 Å². The molecule has 8 heteroatoms. The molecule has 1 rings (SSSR count). The van der Waals surface area contributed by atoms with E-state index in [0.29, 0.717) is 12.1 Å². The van der Waals surface area contributed by atoms with Crippen molar-refractivity contribution < 1.29 is 22.5 Å². The molecule has 0 fully saturated rings. The fourth-order valence-corrected chi connectivity index (χ4v) is 1.12. The van der Waals surface area contributed by atoms with Crippen molar-refractivity contribution in [1.29, 1.82) is 0 Å². The largest absolute Gasteiger partial charge is 0.369 e. The number of alkyl halides is 2. The summed E-state index contributed by atoms with van der Waals surface area (Å²) in [6.45, 7) is 0.999. The van der Waals surface area contributed by atoms with Crippen LogP contribution < -0.4 is 5.32 Å². The molecule has 4 nitrogen and oxygen atoms in total. The standard InChI is InChI=1S/C9H8F4N2O2/c1-4(9(12)13)14-8-6(15(16)17)3-2-5(10)7(8)11/h2-4,9,14H,1H3. The molecule has 0 saturated heterocycles. The second kappa shape index (κ2) is 4.98. The molecule has 1 atom stereocenters. The molecule has 0 aliphatic carbocycles. The summed E-state index contributed by atoms with van der Waals surface area (Å²) in [5, 5.41) is 12.4. The van der Waals surface area contributed by atoms with E-state index in [4.69, 9.17) is 0 Å². The first kappa shape index (κ1) is 13.2. The smallest absolute Gasteiger partial charge is 0.295 e. The number of halogens is 4. The Morgan fingerprint density at radius 2 is 1.94 bits per heavy atom. The average Bonchev–Trinajstić information content (AvgIpc) is 2.24. The quantitative estimate of drug-likeness (QED) is 0.509. The third-order valence-electron chi connectivity index (χ3n) is 2.02. The lowest BCUT2D eigenvalue weighted by molar-refractivity contribution is -0.384. The molecule has 0 spiro atoms. The van der Waals surface area contributed by atoms with E-state index in [2.05, 4.69) is 0 Å². The van der Waals surface area contributed by atoms with Gasteiger partial charge in [-0.05, 0) is 13.0 Å². The molecular formula is C9H8F4N2O2. The molecule has 1 unspecified atom stereocenters. The zero-order valence-corrected chi connectivity index (χ0v) is 8.58. The fourth-order valence-electron chi connectivity index (χ4n) is 1.12. The molecule has 0 heterocycles. The van der Waals surface area contributed by atoms with E-state index in [1.165, 1.54) is 0 Å². The molecule has 0 radical (unpaired) electrons. The lowest BCUT2D eigenvalue weighted by atomic mass is 10.2. The molecule has 0 saturated carbocycles. The highest BCUT2D eigenvalue weighted by Gasteiger charge is 2.25. The number of nitro benzene ring substituents is 1. The van der Waals surface area contributed by atoms with Gasteiger partial charge in [-0.2, -0.15) is 0 Å². The van der Waals surface area contributed by atoms with Crippen molar-refractivity contribution in [2.24, 2.45) is 0 Å². The van der Waals surface area contributed by atoms with Crippen molar-refractivity contribution in [2.45, 2.75) is 19.4 Å². The van der Waals surface area contributed by atoms with Gasteiger partial charge in [-0.15, -0.1) is 0 Å². The van der Waals surface area contributed by atoms with Crippen molar-refractivity contribution in [3.63, 3.8) is 0 Å². The Morgan fingerprint density at radius 1 is 1.35 bits per heavy atom. The number of hydrogen-bond donors (Lipinski definition) is 1. The summed E-state index contributed by atoms with van der Waals surface area (Å²) in [4.78, 5) is 9.54. The molecule has 17 heavy (non-hydrogen) atoms. The third kappa shape index (κ3) is 2.83. The zero-order chi connectivity index (χ0) is 13.2. The van der Waals surface area contributed by atoms with Gasteiger partial charge in [-0.3, -0.25) is 10.1 Å². The Morgan fingerprint density at radius 3 is 2.41 bits per heavy atom. The number of nitrogens with zero attached hydrogens (tertiary/aromatic N) is 1. The molecule has 0 bridgehead atoms. The van der Waals surface area contributed by atoms with Crippen LogP contribution in [-0.2, 0) is 0 Å². The van der Waals surface area contributed by atoms with Crippen molar-refractivity contribution in [1.82, 2.24) is 0 Å². The monoisotopic (exact) mass is 252 g/mol. The third-order valence-corrected chi connectivity index (χ3v) is 2.02. The summed E-state index contributed by atoms with van der Waals surface area (Å²) in [5.41, 5.74) is -1.67. The van der Waals surface area contributed by atoms with Crippen molar-refractivity contribution in [2.75, 3.05) is 5.32 Å². The van der Waals surface area contributed by atoms with Gasteiger partial charge in [0.1, 0.15) is 0 Å². The van der Waals surface area contributed by atoms with Gasteiger partial charge >= 0.3 is 0 Å². The maximum Gasteiger partial charge on any atom is 0.295 e. The van der Waals surface area contributed by atoms with Gasteiger partial charge in [0.25, 0.3) is 12.1 Å². The first-order chi connectivity index (χ1) is 7.84. The van der Waals surface area contributed by atoms with Gasteiger partial charge in [-0.1, -0.05) is 0 Å². The van der Waals surface area contributed by atoms with Crippen molar-refractivity contribution in [3.05, 3.63) is 33.9 Å². The van der Waals surface area contributed by atoms with E-state index in [1.807, 2.05) is 5.32 Å². The molecule has 0 aromatic heterocycles. The number of anilines is 1. The van der Waals surface area contributed by atoms with Crippen LogP contribution in [0.15, 0.2) is 12.1 Å². The van der Waals surface area contributed by atoms with E-state index in [0.717, 1.165) is 6.92 Å². The van der Waals surface area contributed by atoms with Crippen LogP contribution in [0.2, 0.25) is 0 Å². The molecule has 94 valence electrons. The average molecular weight is 252 g/mol. The van der Waals surface area contributed by atoms with Gasteiger partial charge in [0.15, 0.2) is 17.3 Å². The molecule has 0 aliphatic rings. The second-order valence-corrected chi connectivity index (χ2v) is 3.28. The Hall–Kier alpha value is -1.86. The normalized spacial score (nSPS) is 12.6. The summed E-state index contributed by atoms with van der Waals surface area (Å²) >= 11 is 0. The summed E-state index contributed by atoms with van der Waals surface area (Å²) in [7, 11) is 0. The minimum absolute atomic E-state index is 0.561. The van der Waals surface area contributed by atoms with E-state index in [9.17, 15) is 27.7 Å². The van der Waals surface area contributed by atoms with E-state index < -0.39 is 40.4 Å². The van der Waals surface area contributed by atoms with E-state index in [-0.39, 0.29) is 0 Å². The van der Waals surface area contributed by atoms with Crippen molar-refractivity contribution in [3.8, 4) is 0 Å². The Labute approximate surface area is 93.4 Å². The summed E-state index contributed by atoms with van der Waals surface area (Å²) < 4.78 is 50.6. The molecule has 1 aromatic carbocycles. The number of nitrogens with one attached hydrogen (secondary N) is 1. The number of rotatable bonds is 4. The number of hydrogen-bond acceptors (Lipinski definition) is 3. The highest BCUT2D eigenvalue weighted by atomic mass is 19.3. The highest BCUT2D eigenvalue weighted by Crippen LogP contribution is 2.30. The van der Waals surface area contributed by atoms with E-state index >= 15 is 0 Å². The van der Waals surface area contributed by atoms with Crippen LogP contribution in [0.25, 0.3) is 0 Å². The van der Waals surface area contributed by atoms with Crippen LogP contribution in [0.1, 0.15) is 6.92 Å². The molecule has 1 N–H and O–H groups in total. The topological polar surface area (TPSA) is 55.2 Å². The lowest BCUT2D eigenvalue weighted by Gasteiger charge is -2.14. The maximum absolute atomic E-state index is 13.3. The molecule has 0 amide bonds. The van der Waals surface area contributed by atoms with Crippen LogP contribution in [-0.4, -0.2) is 17.4 Å². The predicted molar refractivity (Wildman–Crippen MR) is 52.1 cm³/mol. The van der Waals surface area contributed by atoms with E-state index in [1.54, 1.807) is 0 Å². The molecular weight excluding hydrogens is 244 g/mol. The van der Waals surface area contributed by atoms with Crippen LogP contribution in [0.4, 0.5) is 28.9 Å². The minimum atomic E-state index is -2.86. The predicted octanol–water partition coefficient (Wildman–Crippen LogP) is 2.94. The number of benzene rings is 1. The molecule has 1 aromatic rings. The zero-order valence-electron chi connectivity index (χ0n) is 8.58. The van der Waals surface area contributed by atoms with Gasteiger partial charge in [0, 0.05) is 6.07 Å². The van der Waals surface area contributed by atoms with Crippen LogP contribution >= 0.6 is 0 Å². The minimum Gasteiger partial charge on any atom is -0.369 e. The first-order valence-electron chi connectivity index (χ1n) is 4.51. The van der Waals surface area contributed by atoms with Crippen molar-refractivity contribution >= 4 is 11.4 Å². The SMILES string of the molecule is CC(Nc1c([N+](=O)[O-])ccc(F)c1F)C(F)F. The maximum atomic E-state index is 13.3. The number of nitro groups is 1. The Bertz CT molecular complexity index is 439. The van der Waals surface area contributed by atoms with Gasteiger partial charge < -0.3 is 5.32 Å². The summed E-state index contributed by atoms with van der Waals surface area (Å²) in [5.74, 6) is -2.90. The first-order valence-corrected chi connectivity index (χ1v) is 4.51. The Kier molecular flexibility index (Phi) is 3.87. The summed E-state index contributed by atoms with van der Waals surface area (Å²) in [6.07, 6.45) is -2.86. The van der Waals surface area contributed by atoms with Crippen LogP contribution in [0.3, 0.4) is 0 Å². The Balaban J connectivity index is 3.19. The lowest BCUT2D eigenvalue weighted by Crippen LogP contribution is -2.25. The van der Waals surface area contributed by atoms with Gasteiger partial charge in [0.05, 0.1) is 11.0 Å². The fraction of sp³-hybridized carbons (Fsp3) is 0.333. The van der Waals surface area contributed by atoms with Crippen LogP contribution in [0.5, 0.6) is 0 Å². The molecule has 0 aliphatic heterocycles. The summed E-state index contributed by atoms with van der Waals surface area (Å²) in [6, 6.07) is -0.269. The van der Waals surface area contributed by atoms with Gasteiger partial charge in [0.2, 0.25) is 0 Å².